The maximum absolute atomic E-state index is 13.3. The Morgan fingerprint density at radius 2 is 1.72 bits per heavy atom. The molecule has 0 bridgehead atoms. The van der Waals surface area contributed by atoms with Gasteiger partial charge in [0.2, 0.25) is 0 Å². The van der Waals surface area contributed by atoms with E-state index in [1.807, 2.05) is 39.8 Å². The first kappa shape index (κ1) is 20.6. The van der Waals surface area contributed by atoms with Crippen LogP contribution < -0.4 is 4.74 Å². The van der Waals surface area contributed by atoms with Gasteiger partial charge in [0.25, 0.3) is 0 Å². The van der Waals surface area contributed by atoms with Crippen LogP contribution in [0.5, 0.6) is 5.75 Å². The predicted octanol–water partition coefficient (Wildman–Crippen LogP) is 5.26. The molecule has 1 heterocycles. The van der Waals surface area contributed by atoms with Crippen LogP contribution in [0, 0.1) is 6.92 Å². The maximum Gasteiger partial charge on any atom is 0.306 e. The first-order valence-electron chi connectivity index (χ1n) is 9.60. The van der Waals surface area contributed by atoms with Gasteiger partial charge >= 0.3 is 5.97 Å². The molecule has 0 radical (unpaired) electrons. The first-order chi connectivity index (χ1) is 13.7. The zero-order valence-corrected chi connectivity index (χ0v) is 17.5. The molecule has 0 fully saturated rings. The van der Waals surface area contributed by atoms with Crippen molar-refractivity contribution < 1.29 is 23.5 Å². The SMILES string of the molecule is COc1ccc2oc(CCC(=O)OC(C)(C)C)c(C(=O)c3ccc(C)cc3)c2c1. The topological polar surface area (TPSA) is 65.7 Å². The normalized spacial score (nSPS) is 11.5. The highest BCUT2D eigenvalue weighted by molar-refractivity contribution is 6.17. The third kappa shape index (κ3) is 4.86. The van der Waals surface area contributed by atoms with Crippen molar-refractivity contribution in [2.45, 2.75) is 46.1 Å². The lowest BCUT2D eigenvalue weighted by Gasteiger charge is -2.19. The first-order valence-corrected chi connectivity index (χ1v) is 9.60. The summed E-state index contributed by atoms with van der Waals surface area (Å²) in [5, 5.41) is 0.675. The van der Waals surface area contributed by atoms with E-state index in [-0.39, 0.29) is 24.6 Å². The summed E-state index contributed by atoms with van der Waals surface area (Å²) in [5.41, 5.74) is 2.13. The van der Waals surface area contributed by atoms with E-state index in [2.05, 4.69) is 0 Å². The van der Waals surface area contributed by atoms with Crippen molar-refractivity contribution >= 4 is 22.7 Å². The Balaban J connectivity index is 2.00. The quantitative estimate of drug-likeness (QED) is 0.422. The summed E-state index contributed by atoms with van der Waals surface area (Å²) in [7, 11) is 1.58. The van der Waals surface area contributed by atoms with E-state index < -0.39 is 5.60 Å². The van der Waals surface area contributed by atoms with Gasteiger partial charge in [0, 0.05) is 17.4 Å². The fourth-order valence-corrected chi connectivity index (χ4v) is 3.14. The molecule has 1 aromatic heterocycles. The molecule has 0 aliphatic heterocycles. The van der Waals surface area contributed by atoms with Crippen molar-refractivity contribution in [1.82, 2.24) is 0 Å². The Labute approximate surface area is 170 Å². The Kier molecular flexibility index (Phi) is 5.78. The third-order valence-electron chi connectivity index (χ3n) is 4.49. The van der Waals surface area contributed by atoms with Crippen LogP contribution >= 0.6 is 0 Å². The van der Waals surface area contributed by atoms with Gasteiger partial charge in [0.1, 0.15) is 22.7 Å². The molecule has 3 aromatic rings. The van der Waals surface area contributed by atoms with Crippen molar-refractivity contribution in [2.24, 2.45) is 0 Å². The molecule has 3 rings (SSSR count). The number of carbonyl (C=O) groups excluding carboxylic acids is 2. The number of hydrogen-bond acceptors (Lipinski definition) is 5. The highest BCUT2D eigenvalue weighted by Crippen LogP contribution is 2.32. The molecule has 0 spiro atoms. The second-order valence-corrected chi connectivity index (χ2v) is 8.04. The molecule has 5 heteroatoms. The molecule has 152 valence electrons. The van der Waals surface area contributed by atoms with Crippen molar-refractivity contribution in [1.29, 1.82) is 0 Å². The Hall–Kier alpha value is -3.08. The lowest BCUT2D eigenvalue weighted by molar-refractivity contribution is -0.154. The smallest absolute Gasteiger partial charge is 0.306 e. The molecule has 29 heavy (non-hydrogen) atoms. The highest BCUT2D eigenvalue weighted by atomic mass is 16.6. The minimum Gasteiger partial charge on any atom is -0.497 e. The number of ketones is 1. The van der Waals surface area contributed by atoms with Crippen molar-refractivity contribution in [3.05, 3.63) is 64.9 Å². The summed E-state index contributed by atoms with van der Waals surface area (Å²) in [4.78, 5) is 25.5. The van der Waals surface area contributed by atoms with Gasteiger partial charge in [-0.05, 0) is 45.9 Å². The molecule has 2 aromatic carbocycles. The number of aryl methyl sites for hydroxylation is 2. The molecule has 0 unspecified atom stereocenters. The summed E-state index contributed by atoms with van der Waals surface area (Å²) in [6.07, 6.45) is 0.404. The number of ether oxygens (including phenoxy) is 2. The zero-order chi connectivity index (χ0) is 21.2. The van der Waals surface area contributed by atoms with E-state index in [1.54, 1.807) is 37.4 Å². The Bertz CT molecular complexity index is 1040. The summed E-state index contributed by atoms with van der Waals surface area (Å²) in [5.74, 6) is 0.639. The van der Waals surface area contributed by atoms with E-state index in [9.17, 15) is 9.59 Å². The van der Waals surface area contributed by atoms with Gasteiger partial charge < -0.3 is 13.9 Å². The van der Waals surface area contributed by atoms with Crippen molar-refractivity contribution in [3.8, 4) is 5.75 Å². The van der Waals surface area contributed by atoms with Crippen LogP contribution in [0.25, 0.3) is 11.0 Å². The Morgan fingerprint density at radius 3 is 2.34 bits per heavy atom. The average molecular weight is 394 g/mol. The standard InChI is InChI=1S/C24H26O5/c1-15-6-8-16(9-7-15)23(26)22-18-14-17(27-5)10-11-19(18)28-20(22)12-13-21(25)29-24(2,3)4/h6-11,14H,12-13H2,1-5H3. The van der Waals surface area contributed by atoms with Crippen molar-refractivity contribution in [3.63, 3.8) is 0 Å². The van der Waals surface area contributed by atoms with Crippen LogP contribution in [-0.2, 0) is 16.0 Å². The molecular formula is C24H26O5. The van der Waals surface area contributed by atoms with Gasteiger partial charge in [-0.3, -0.25) is 9.59 Å². The van der Waals surface area contributed by atoms with Crippen LogP contribution in [0.15, 0.2) is 46.9 Å². The monoisotopic (exact) mass is 394 g/mol. The van der Waals surface area contributed by atoms with Gasteiger partial charge in [-0.2, -0.15) is 0 Å². The molecule has 0 aliphatic carbocycles. The second kappa shape index (κ2) is 8.11. The number of fused-ring (bicyclic) bond motifs is 1. The summed E-state index contributed by atoms with van der Waals surface area (Å²) in [6.45, 7) is 7.44. The van der Waals surface area contributed by atoms with Crippen LogP contribution in [0.4, 0.5) is 0 Å². The lowest BCUT2D eigenvalue weighted by atomic mass is 9.98. The number of methoxy groups -OCH3 is 1. The van der Waals surface area contributed by atoms with E-state index in [0.717, 1.165) is 5.56 Å². The van der Waals surface area contributed by atoms with E-state index in [0.29, 0.717) is 33.6 Å². The number of furan rings is 1. The van der Waals surface area contributed by atoms with Gasteiger partial charge in [-0.1, -0.05) is 29.8 Å². The molecule has 0 aliphatic rings. The molecular weight excluding hydrogens is 368 g/mol. The fourth-order valence-electron chi connectivity index (χ4n) is 3.14. The lowest BCUT2D eigenvalue weighted by Crippen LogP contribution is -2.24. The minimum absolute atomic E-state index is 0.127. The van der Waals surface area contributed by atoms with E-state index >= 15 is 0 Å². The fraction of sp³-hybridized carbons (Fsp3) is 0.333. The number of carbonyl (C=O) groups is 2. The van der Waals surface area contributed by atoms with Gasteiger partial charge in [0.15, 0.2) is 5.78 Å². The molecule has 0 saturated carbocycles. The van der Waals surface area contributed by atoms with E-state index in [1.165, 1.54) is 0 Å². The summed E-state index contributed by atoms with van der Waals surface area (Å²) in [6, 6.07) is 12.7. The predicted molar refractivity (Wildman–Crippen MR) is 112 cm³/mol. The van der Waals surface area contributed by atoms with Crippen molar-refractivity contribution in [2.75, 3.05) is 7.11 Å². The van der Waals surface area contributed by atoms with Gasteiger partial charge in [0.05, 0.1) is 19.1 Å². The van der Waals surface area contributed by atoms with Crippen LogP contribution in [0.1, 0.15) is 54.4 Å². The Morgan fingerprint density at radius 1 is 1.03 bits per heavy atom. The molecule has 5 nitrogen and oxygen atoms in total. The largest absolute Gasteiger partial charge is 0.497 e. The molecule has 0 amide bonds. The summed E-state index contributed by atoms with van der Waals surface area (Å²) >= 11 is 0. The average Bonchev–Trinajstić information content (AvgIpc) is 3.02. The van der Waals surface area contributed by atoms with Crippen LogP contribution in [0.2, 0.25) is 0 Å². The minimum atomic E-state index is -0.557. The number of benzene rings is 2. The number of rotatable bonds is 6. The van der Waals surface area contributed by atoms with E-state index in [4.69, 9.17) is 13.9 Å². The zero-order valence-electron chi connectivity index (χ0n) is 17.5. The molecule has 0 atom stereocenters. The second-order valence-electron chi connectivity index (χ2n) is 8.04. The molecule has 0 saturated heterocycles. The summed E-state index contributed by atoms with van der Waals surface area (Å²) < 4.78 is 16.7. The van der Waals surface area contributed by atoms with Crippen LogP contribution in [-0.4, -0.2) is 24.5 Å². The van der Waals surface area contributed by atoms with Gasteiger partial charge in [-0.25, -0.2) is 0 Å². The number of hydrogen-bond donors (Lipinski definition) is 0. The highest BCUT2D eigenvalue weighted by Gasteiger charge is 2.24. The third-order valence-corrected chi connectivity index (χ3v) is 4.49. The maximum atomic E-state index is 13.3. The van der Waals surface area contributed by atoms with Gasteiger partial charge in [-0.15, -0.1) is 0 Å². The van der Waals surface area contributed by atoms with Crippen LogP contribution in [0.3, 0.4) is 0 Å². The number of esters is 1. The molecule has 0 N–H and O–H groups in total.